The fourth-order valence-corrected chi connectivity index (χ4v) is 2.96. The molecular formula is C17H14Cl2N2O2. The molecule has 4 nitrogen and oxygen atoms in total. The first-order chi connectivity index (χ1) is 11.0. The van der Waals surface area contributed by atoms with Gasteiger partial charge in [-0.1, -0.05) is 41.4 Å². The zero-order chi connectivity index (χ0) is 16.4. The third-order valence-electron chi connectivity index (χ3n) is 3.74. The number of rotatable bonds is 3. The topological polar surface area (TPSA) is 49.4 Å². The predicted molar refractivity (Wildman–Crippen MR) is 92.0 cm³/mol. The van der Waals surface area contributed by atoms with Crippen molar-refractivity contribution in [2.45, 2.75) is 6.42 Å². The molecule has 1 fully saturated rings. The molecule has 2 aromatic carbocycles. The summed E-state index contributed by atoms with van der Waals surface area (Å²) < 4.78 is 0. The Bertz CT molecular complexity index is 750. The molecule has 0 aliphatic carbocycles. The molecule has 118 valence electrons. The summed E-state index contributed by atoms with van der Waals surface area (Å²) in [5.41, 5.74) is 1.25. The van der Waals surface area contributed by atoms with Crippen LogP contribution in [0.5, 0.6) is 0 Å². The molecule has 0 aromatic heterocycles. The van der Waals surface area contributed by atoms with Crippen LogP contribution in [0.3, 0.4) is 0 Å². The van der Waals surface area contributed by atoms with Crippen LogP contribution in [0.15, 0.2) is 48.5 Å². The number of hydrogen-bond donors (Lipinski definition) is 1. The van der Waals surface area contributed by atoms with Crippen LogP contribution in [0, 0.1) is 5.92 Å². The SMILES string of the molecule is O=C(Nc1ccccc1)[C@@H]1CC(=O)N(c2cc(Cl)ccc2Cl)C1. The summed E-state index contributed by atoms with van der Waals surface area (Å²) in [5.74, 6) is -0.731. The van der Waals surface area contributed by atoms with Crippen LogP contribution in [-0.2, 0) is 9.59 Å². The van der Waals surface area contributed by atoms with Crippen LogP contribution < -0.4 is 10.2 Å². The number of hydrogen-bond acceptors (Lipinski definition) is 2. The van der Waals surface area contributed by atoms with Gasteiger partial charge in [-0.2, -0.15) is 0 Å². The molecule has 0 unspecified atom stereocenters. The zero-order valence-electron chi connectivity index (χ0n) is 12.1. The van der Waals surface area contributed by atoms with E-state index >= 15 is 0 Å². The van der Waals surface area contributed by atoms with Gasteiger partial charge in [-0.25, -0.2) is 0 Å². The van der Waals surface area contributed by atoms with Crippen molar-refractivity contribution in [1.82, 2.24) is 0 Å². The van der Waals surface area contributed by atoms with E-state index in [9.17, 15) is 9.59 Å². The van der Waals surface area contributed by atoms with Gasteiger partial charge in [0.25, 0.3) is 0 Å². The van der Waals surface area contributed by atoms with Crippen molar-refractivity contribution in [2.24, 2.45) is 5.92 Å². The third-order valence-corrected chi connectivity index (χ3v) is 4.29. The smallest absolute Gasteiger partial charge is 0.229 e. The Morgan fingerprint density at radius 1 is 1.13 bits per heavy atom. The predicted octanol–water partition coefficient (Wildman–Crippen LogP) is 3.99. The molecule has 0 saturated carbocycles. The molecule has 2 amide bonds. The first-order valence-corrected chi connectivity index (χ1v) is 7.91. The fourth-order valence-electron chi connectivity index (χ4n) is 2.57. The van der Waals surface area contributed by atoms with E-state index < -0.39 is 5.92 Å². The molecule has 2 aromatic rings. The van der Waals surface area contributed by atoms with Crippen molar-refractivity contribution in [3.8, 4) is 0 Å². The molecule has 23 heavy (non-hydrogen) atoms. The summed E-state index contributed by atoms with van der Waals surface area (Å²) in [6.45, 7) is 0.289. The van der Waals surface area contributed by atoms with E-state index in [4.69, 9.17) is 23.2 Å². The Kier molecular flexibility index (Phi) is 4.55. The van der Waals surface area contributed by atoms with Crippen molar-refractivity contribution in [1.29, 1.82) is 0 Å². The van der Waals surface area contributed by atoms with Gasteiger partial charge in [-0.3, -0.25) is 9.59 Å². The average Bonchev–Trinajstić information content (AvgIpc) is 2.92. The normalized spacial score (nSPS) is 17.4. The molecule has 1 aliphatic heterocycles. The Hall–Kier alpha value is -2.04. The molecule has 0 spiro atoms. The Morgan fingerprint density at radius 3 is 2.61 bits per heavy atom. The van der Waals surface area contributed by atoms with Crippen LogP contribution >= 0.6 is 23.2 Å². The van der Waals surface area contributed by atoms with Crippen molar-refractivity contribution >= 4 is 46.4 Å². The Labute approximate surface area is 144 Å². The monoisotopic (exact) mass is 348 g/mol. The number of nitrogens with one attached hydrogen (secondary N) is 1. The maximum atomic E-state index is 12.3. The van der Waals surface area contributed by atoms with Crippen LogP contribution in [0.1, 0.15) is 6.42 Å². The number of carbonyl (C=O) groups excluding carboxylic acids is 2. The molecule has 6 heteroatoms. The van der Waals surface area contributed by atoms with E-state index in [0.29, 0.717) is 21.4 Å². The highest BCUT2D eigenvalue weighted by atomic mass is 35.5. The lowest BCUT2D eigenvalue weighted by atomic mass is 10.1. The fraction of sp³-hybridized carbons (Fsp3) is 0.176. The second-order valence-corrected chi connectivity index (χ2v) is 6.20. The van der Waals surface area contributed by atoms with Crippen LogP contribution in [0.2, 0.25) is 10.0 Å². The lowest BCUT2D eigenvalue weighted by molar-refractivity contribution is -0.122. The Morgan fingerprint density at radius 2 is 1.87 bits per heavy atom. The van der Waals surface area contributed by atoms with E-state index in [1.54, 1.807) is 30.3 Å². The lowest BCUT2D eigenvalue weighted by Crippen LogP contribution is -2.28. The van der Waals surface area contributed by atoms with Crippen LogP contribution in [0.4, 0.5) is 11.4 Å². The van der Waals surface area contributed by atoms with Gasteiger partial charge in [0.2, 0.25) is 11.8 Å². The average molecular weight is 349 g/mol. The quantitative estimate of drug-likeness (QED) is 0.911. The highest BCUT2D eigenvalue weighted by Gasteiger charge is 2.36. The van der Waals surface area contributed by atoms with Crippen molar-refractivity contribution < 1.29 is 9.59 Å². The van der Waals surface area contributed by atoms with E-state index in [1.165, 1.54) is 4.90 Å². The highest BCUT2D eigenvalue weighted by Crippen LogP contribution is 2.33. The number of para-hydroxylation sites is 1. The molecular weight excluding hydrogens is 335 g/mol. The van der Waals surface area contributed by atoms with E-state index in [1.807, 2.05) is 18.2 Å². The number of amides is 2. The molecule has 1 heterocycles. The second kappa shape index (κ2) is 6.60. The van der Waals surface area contributed by atoms with E-state index in [-0.39, 0.29) is 24.8 Å². The summed E-state index contributed by atoms with van der Waals surface area (Å²) in [7, 11) is 0. The van der Waals surface area contributed by atoms with Crippen LogP contribution in [0.25, 0.3) is 0 Å². The van der Waals surface area contributed by atoms with Gasteiger partial charge in [0.05, 0.1) is 16.6 Å². The molecule has 3 rings (SSSR count). The second-order valence-electron chi connectivity index (χ2n) is 5.36. The molecule has 1 saturated heterocycles. The van der Waals surface area contributed by atoms with E-state index in [0.717, 1.165) is 0 Å². The largest absolute Gasteiger partial charge is 0.326 e. The van der Waals surface area contributed by atoms with Gasteiger partial charge in [0.1, 0.15) is 0 Å². The molecule has 0 bridgehead atoms. The van der Waals surface area contributed by atoms with Crippen molar-refractivity contribution in [3.63, 3.8) is 0 Å². The first kappa shape index (κ1) is 15.8. The van der Waals surface area contributed by atoms with Crippen molar-refractivity contribution in [2.75, 3.05) is 16.8 Å². The van der Waals surface area contributed by atoms with E-state index in [2.05, 4.69) is 5.32 Å². The van der Waals surface area contributed by atoms with Crippen molar-refractivity contribution in [3.05, 3.63) is 58.6 Å². The first-order valence-electron chi connectivity index (χ1n) is 7.16. The number of halogens is 2. The molecule has 1 N–H and O–H groups in total. The summed E-state index contributed by atoms with van der Waals surface area (Å²) in [5, 5.41) is 3.76. The van der Waals surface area contributed by atoms with Gasteiger partial charge in [-0.05, 0) is 30.3 Å². The van der Waals surface area contributed by atoms with Gasteiger partial charge in [0, 0.05) is 23.7 Å². The standard InChI is InChI=1S/C17H14Cl2N2O2/c18-12-6-7-14(19)15(9-12)21-10-11(8-16(21)22)17(23)20-13-4-2-1-3-5-13/h1-7,9,11H,8,10H2,(H,20,23)/t11-/m1/s1. The molecule has 1 aliphatic rings. The number of anilines is 2. The van der Waals surface area contributed by atoms with Crippen LogP contribution in [-0.4, -0.2) is 18.4 Å². The summed E-state index contributed by atoms with van der Waals surface area (Å²) in [4.78, 5) is 26.1. The summed E-state index contributed by atoms with van der Waals surface area (Å²) in [6.07, 6.45) is 0.154. The summed E-state index contributed by atoms with van der Waals surface area (Å²) in [6, 6.07) is 14.1. The summed E-state index contributed by atoms with van der Waals surface area (Å²) >= 11 is 12.1. The lowest BCUT2D eigenvalue weighted by Gasteiger charge is -2.18. The van der Waals surface area contributed by atoms with Gasteiger partial charge in [0.15, 0.2) is 0 Å². The number of nitrogens with zero attached hydrogens (tertiary/aromatic N) is 1. The highest BCUT2D eigenvalue weighted by molar-refractivity contribution is 6.36. The minimum atomic E-state index is -0.419. The Balaban J connectivity index is 1.74. The minimum absolute atomic E-state index is 0.137. The number of benzene rings is 2. The maximum Gasteiger partial charge on any atom is 0.229 e. The number of carbonyl (C=O) groups is 2. The molecule has 1 atom stereocenters. The van der Waals surface area contributed by atoms with Gasteiger partial charge >= 0.3 is 0 Å². The van der Waals surface area contributed by atoms with Gasteiger partial charge in [-0.15, -0.1) is 0 Å². The molecule has 0 radical (unpaired) electrons. The third kappa shape index (κ3) is 3.49. The minimum Gasteiger partial charge on any atom is -0.326 e. The van der Waals surface area contributed by atoms with Gasteiger partial charge < -0.3 is 10.2 Å². The maximum absolute atomic E-state index is 12.3. The zero-order valence-corrected chi connectivity index (χ0v) is 13.6.